The summed E-state index contributed by atoms with van der Waals surface area (Å²) in [5.41, 5.74) is 5.48. The van der Waals surface area contributed by atoms with Crippen molar-refractivity contribution in [3.8, 4) is 5.75 Å². The normalized spacial score (nSPS) is 13.2. The van der Waals surface area contributed by atoms with E-state index >= 15 is 0 Å². The lowest BCUT2D eigenvalue weighted by atomic mass is 9.99. The number of carbonyl (C=O) groups excluding carboxylic acids is 1. The molecule has 0 bridgehead atoms. The predicted octanol–water partition coefficient (Wildman–Crippen LogP) is 5.61. The molecule has 0 aliphatic carbocycles. The van der Waals surface area contributed by atoms with Crippen LogP contribution in [0, 0.1) is 27.7 Å². The van der Waals surface area contributed by atoms with Crippen LogP contribution in [-0.4, -0.2) is 12.0 Å². The molecular formula is C22H28ClNO2. The smallest absolute Gasteiger partial charge is 0.261 e. The van der Waals surface area contributed by atoms with E-state index in [1.54, 1.807) is 6.92 Å². The van der Waals surface area contributed by atoms with Gasteiger partial charge < -0.3 is 10.1 Å². The van der Waals surface area contributed by atoms with Crippen LogP contribution in [0.3, 0.4) is 0 Å². The molecule has 0 spiro atoms. The zero-order chi connectivity index (χ0) is 19.4. The average Bonchev–Trinajstić information content (AvgIpc) is 2.59. The van der Waals surface area contributed by atoms with Gasteiger partial charge in [0.05, 0.1) is 6.04 Å². The minimum Gasteiger partial charge on any atom is -0.481 e. The Balaban J connectivity index is 2.08. The highest BCUT2D eigenvalue weighted by atomic mass is 35.5. The highest BCUT2D eigenvalue weighted by Crippen LogP contribution is 2.27. The Labute approximate surface area is 161 Å². The van der Waals surface area contributed by atoms with Crippen molar-refractivity contribution in [3.63, 3.8) is 0 Å². The molecule has 1 N–H and O–H groups in total. The maximum atomic E-state index is 12.6. The molecule has 0 saturated carbocycles. The number of aryl methyl sites for hydroxylation is 4. The van der Waals surface area contributed by atoms with E-state index in [1.807, 2.05) is 26.0 Å². The standard InChI is InChI=1S/C22H28ClNO2/c1-7-20(18-9-8-13(2)14(3)10-18)24-22(25)17(6)26-19-11-15(4)21(23)16(5)12-19/h8-12,17,20H,7H2,1-6H3,(H,24,25)/t17-,20+/m0/s1. The van der Waals surface area contributed by atoms with E-state index in [-0.39, 0.29) is 11.9 Å². The molecule has 4 heteroatoms. The van der Waals surface area contributed by atoms with Crippen LogP contribution in [0.2, 0.25) is 5.02 Å². The van der Waals surface area contributed by atoms with Crippen LogP contribution in [0.1, 0.15) is 54.1 Å². The highest BCUT2D eigenvalue weighted by molar-refractivity contribution is 6.32. The van der Waals surface area contributed by atoms with Gasteiger partial charge in [-0.2, -0.15) is 0 Å². The van der Waals surface area contributed by atoms with Gasteiger partial charge in [0, 0.05) is 5.02 Å². The van der Waals surface area contributed by atoms with Crippen molar-refractivity contribution in [2.75, 3.05) is 0 Å². The van der Waals surface area contributed by atoms with Crippen molar-refractivity contribution in [2.45, 2.75) is 60.1 Å². The molecule has 0 radical (unpaired) electrons. The average molecular weight is 374 g/mol. The van der Waals surface area contributed by atoms with Gasteiger partial charge >= 0.3 is 0 Å². The number of ether oxygens (including phenoxy) is 1. The molecule has 26 heavy (non-hydrogen) atoms. The van der Waals surface area contributed by atoms with Crippen molar-refractivity contribution in [3.05, 3.63) is 63.2 Å². The van der Waals surface area contributed by atoms with Gasteiger partial charge in [0.15, 0.2) is 6.10 Å². The summed E-state index contributed by atoms with van der Waals surface area (Å²) < 4.78 is 5.85. The van der Waals surface area contributed by atoms with Gasteiger partial charge in [-0.15, -0.1) is 0 Å². The van der Waals surface area contributed by atoms with Crippen LogP contribution in [0.4, 0.5) is 0 Å². The van der Waals surface area contributed by atoms with Gasteiger partial charge in [-0.1, -0.05) is 36.7 Å². The van der Waals surface area contributed by atoms with Gasteiger partial charge in [-0.25, -0.2) is 0 Å². The number of carbonyl (C=O) groups is 1. The second-order valence-corrected chi connectivity index (χ2v) is 7.32. The Morgan fingerprint density at radius 1 is 1.04 bits per heavy atom. The Morgan fingerprint density at radius 3 is 2.19 bits per heavy atom. The van der Waals surface area contributed by atoms with E-state index in [9.17, 15) is 4.79 Å². The summed E-state index contributed by atoms with van der Waals surface area (Å²) in [4.78, 5) is 12.6. The SMILES string of the molecule is CC[C@@H](NC(=O)[C@H](C)Oc1cc(C)c(Cl)c(C)c1)c1ccc(C)c(C)c1. The van der Waals surface area contributed by atoms with Gasteiger partial charge in [-0.05, 0) is 81.0 Å². The Kier molecular flexibility index (Phi) is 6.71. The molecule has 0 aliphatic heterocycles. The van der Waals surface area contributed by atoms with Crippen molar-refractivity contribution in [1.29, 1.82) is 0 Å². The zero-order valence-electron chi connectivity index (χ0n) is 16.4. The molecule has 0 heterocycles. The number of hydrogen-bond donors (Lipinski definition) is 1. The molecule has 0 aliphatic rings. The first-order valence-corrected chi connectivity index (χ1v) is 9.41. The second-order valence-electron chi connectivity index (χ2n) is 6.94. The maximum Gasteiger partial charge on any atom is 0.261 e. The quantitative estimate of drug-likeness (QED) is 0.714. The summed E-state index contributed by atoms with van der Waals surface area (Å²) in [6.45, 7) is 11.9. The van der Waals surface area contributed by atoms with Crippen LogP contribution in [0.15, 0.2) is 30.3 Å². The Bertz CT molecular complexity index is 778. The van der Waals surface area contributed by atoms with Gasteiger partial charge in [-0.3, -0.25) is 4.79 Å². The first-order valence-electron chi connectivity index (χ1n) is 9.03. The molecule has 2 rings (SSSR count). The number of halogens is 1. The van der Waals surface area contributed by atoms with Crippen molar-refractivity contribution >= 4 is 17.5 Å². The predicted molar refractivity (Wildman–Crippen MR) is 108 cm³/mol. The molecule has 3 nitrogen and oxygen atoms in total. The van der Waals surface area contributed by atoms with Crippen molar-refractivity contribution in [1.82, 2.24) is 5.32 Å². The molecule has 2 aromatic rings. The lowest BCUT2D eigenvalue weighted by Gasteiger charge is -2.22. The lowest BCUT2D eigenvalue weighted by Crippen LogP contribution is -2.38. The maximum absolute atomic E-state index is 12.6. The third-order valence-electron chi connectivity index (χ3n) is 4.75. The number of hydrogen-bond acceptors (Lipinski definition) is 2. The van der Waals surface area contributed by atoms with Crippen molar-refractivity contribution in [2.24, 2.45) is 0 Å². The second kappa shape index (κ2) is 8.59. The van der Waals surface area contributed by atoms with E-state index in [0.29, 0.717) is 5.75 Å². The van der Waals surface area contributed by atoms with Gasteiger partial charge in [0.2, 0.25) is 0 Å². The van der Waals surface area contributed by atoms with Gasteiger partial charge in [0.25, 0.3) is 5.91 Å². The zero-order valence-corrected chi connectivity index (χ0v) is 17.2. The number of rotatable bonds is 6. The summed E-state index contributed by atoms with van der Waals surface area (Å²) in [7, 11) is 0. The van der Waals surface area contributed by atoms with E-state index in [4.69, 9.17) is 16.3 Å². The van der Waals surface area contributed by atoms with E-state index < -0.39 is 6.10 Å². The molecule has 2 atom stereocenters. The summed E-state index contributed by atoms with van der Waals surface area (Å²) >= 11 is 6.19. The summed E-state index contributed by atoms with van der Waals surface area (Å²) in [6, 6.07) is 10.0. The van der Waals surface area contributed by atoms with Crippen molar-refractivity contribution < 1.29 is 9.53 Å². The van der Waals surface area contributed by atoms with Crippen LogP contribution >= 0.6 is 11.6 Å². The third-order valence-corrected chi connectivity index (χ3v) is 5.35. The number of nitrogens with one attached hydrogen (secondary N) is 1. The van der Waals surface area contributed by atoms with Crippen LogP contribution < -0.4 is 10.1 Å². The summed E-state index contributed by atoms with van der Waals surface area (Å²) in [6.07, 6.45) is 0.232. The van der Waals surface area contributed by atoms with E-state index in [1.165, 1.54) is 11.1 Å². The molecule has 140 valence electrons. The molecule has 0 aromatic heterocycles. The number of amides is 1. The summed E-state index contributed by atoms with van der Waals surface area (Å²) in [5.74, 6) is 0.534. The fraction of sp³-hybridized carbons (Fsp3) is 0.409. The third kappa shape index (κ3) is 4.79. The Morgan fingerprint density at radius 2 is 1.65 bits per heavy atom. The number of benzene rings is 2. The molecule has 2 aromatic carbocycles. The fourth-order valence-corrected chi connectivity index (χ4v) is 3.03. The minimum atomic E-state index is -0.587. The highest BCUT2D eigenvalue weighted by Gasteiger charge is 2.20. The molecule has 0 fully saturated rings. The Hall–Kier alpha value is -2.00. The summed E-state index contributed by atoms with van der Waals surface area (Å²) in [5, 5.41) is 3.83. The molecule has 0 unspecified atom stereocenters. The topological polar surface area (TPSA) is 38.3 Å². The van der Waals surface area contributed by atoms with Crippen LogP contribution in [0.5, 0.6) is 5.75 Å². The fourth-order valence-electron chi connectivity index (χ4n) is 2.92. The molecule has 0 saturated heterocycles. The largest absolute Gasteiger partial charge is 0.481 e. The van der Waals surface area contributed by atoms with Crippen LogP contribution in [0.25, 0.3) is 0 Å². The first kappa shape index (κ1) is 20.3. The first-order chi connectivity index (χ1) is 12.2. The van der Waals surface area contributed by atoms with Crippen LogP contribution in [-0.2, 0) is 4.79 Å². The lowest BCUT2D eigenvalue weighted by molar-refractivity contribution is -0.128. The minimum absolute atomic E-state index is 0.0264. The van der Waals surface area contributed by atoms with E-state index in [2.05, 4.69) is 44.3 Å². The van der Waals surface area contributed by atoms with Gasteiger partial charge in [0.1, 0.15) is 5.75 Å². The monoisotopic (exact) mass is 373 g/mol. The molecule has 1 amide bonds. The van der Waals surface area contributed by atoms with E-state index in [0.717, 1.165) is 28.1 Å². The molecular weight excluding hydrogens is 346 g/mol.